The predicted octanol–water partition coefficient (Wildman–Crippen LogP) is 5.76. The molecule has 0 saturated heterocycles. The fourth-order valence-electron chi connectivity index (χ4n) is 4.88. The number of methoxy groups -OCH3 is 1. The molecule has 3 aromatic rings. The van der Waals surface area contributed by atoms with Crippen LogP contribution in [-0.2, 0) is 32.6 Å². The van der Waals surface area contributed by atoms with Crippen molar-refractivity contribution in [2.45, 2.75) is 58.5 Å². The number of carbonyl (C=O) groups is 2. The number of hydrogen-bond acceptors (Lipinski definition) is 5. The fourth-order valence-corrected chi connectivity index (χ4v) is 6.06. The van der Waals surface area contributed by atoms with Crippen molar-refractivity contribution in [2.75, 3.05) is 30.8 Å². The first-order chi connectivity index (χ1) is 20.5. The third kappa shape index (κ3) is 10.0. The smallest absolute Gasteiger partial charge is 0.243 e. The molecule has 10 heteroatoms. The molecule has 0 bridgehead atoms. The van der Waals surface area contributed by atoms with Crippen LogP contribution in [0.5, 0.6) is 5.75 Å². The predicted molar refractivity (Wildman–Crippen MR) is 173 cm³/mol. The van der Waals surface area contributed by atoms with Gasteiger partial charge in [-0.1, -0.05) is 73.5 Å². The van der Waals surface area contributed by atoms with Crippen LogP contribution >= 0.6 is 11.6 Å². The Bertz CT molecular complexity index is 1470. The molecule has 3 aromatic carbocycles. The normalized spacial score (nSPS) is 11.9. The highest BCUT2D eigenvalue weighted by atomic mass is 35.5. The third-order valence-corrected chi connectivity index (χ3v) is 8.84. The topological polar surface area (TPSA) is 96.0 Å². The molecule has 0 aromatic heterocycles. The van der Waals surface area contributed by atoms with Gasteiger partial charge in [-0.05, 0) is 60.7 Å². The van der Waals surface area contributed by atoms with Crippen molar-refractivity contribution in [3.8, 4) is 5.75 Å². The molecule has 232 valence electrons. The number of ether oxygens (including phenoxy) is 1. The van der Waals surface area contributed by atoms with E-state index in [4.69, 9.17) is 16.3 Å². The molecule has 0 heterocycles. The zero-order chi connectivity index (χ0) is 31.4. The molecule has 0 aliphatic carbocycles. The summed E-state index contributed by atoms with van der Waals surface area (Å²) in [6.45, 7) is 4.62. The average Bonchev–Trinajstić information content (AvgIpc) is 2.98. The molecule has 0 aliphatic heterocycles. The Labute approximate surface area is 261 Å². The quantitative estimate of drug-likeness (QED) is 0.204. The number of hydrogen-bond donors (Lipinski definition) is 1. The largest absolute Gasteiger partial charge is 0.497 e. The van der Waals surface area contributed by atoms with Gasteiger partial charge in [0.15, 0.2) is 0 Å². The molecule has 3 rings (SSSR count). The van der Waals surface area contributed by atoms with Crippen LogP contribution in [0.2, 0.25) is 5.02 Å². The minimum absolute atomic E-state index is 0.0448. The standard InChI is InChI=1S/C33H42ClN3O5S/c1-5-6-20-35-33(39)31(23-26-13-8-7-9-14-26)36(24-27-15-10-16-28(22-27)42-3)32(38)19-12-21-37(43(4,40)41)30-18-11-17-29(34)25(30)2/h7-11,13-18,22,31H,5-6,12,19-21,23-24H2,1-4H3,(H,35,39)/t31-/m0/s1. The van der Waals surface area contributed by atoms with Crippen molar-refractivity contribution in [1.29, 1.82) is 0 Å². The highest BCUT2D eigenvalue weighted by Crippen LogP contribution is 2.29. The van der Waals surface area contributed by atoms with E-state index in [1.807, 2.05) is 54.6 Å². The molecule has 0 unspecified atom stereocenters. The summed E-state index contributed by atoms with van der Waals surface area (Å²) in [5.41, 5.74) is 2.88. The van der Waals surface area contributed by atoms with Gasteiger partial charge in [0.2, 0.25) is 21.8 Å². The zero-order valence-corrected chi connectivity index (χ0v) is 27.0. The molecule has 0 spiro atoms. The Morgan fingerprint density at radius 2 is 1.67 bits per heavy atom. The van der Waals surface area contributed by atoms with E-state index in [1.165, 1.54) is 4.31 Å². The van der Waals surface area contributed by atoms with Gasteiger partial charge in [-0.2, -0.15) is 0 Å². The highest BCUT2D eigenvalue weighted by molar-refractivity contribution is 7.92. The minimum atomic E-state index is -3.64. The van der Waals surface area contributed by atoms with Crippen LogP contribution in [0.15, 0.2) is 72.8 Å². The SMILES string of the molecule is CCCCNC(=O)[C@H](Cc1ccccc1)N(Cc1cccc(OC)c1)C(=O)CCCN(c1cccc(Cl)c1C)S(C)(=O)=O. The first-order valence-corrected chi connectivity index (χ1v) is 16.7. The zero-order valence-electron chi connectivity index (χ0n) is 25.4. The Hall–Kier alpha value is -3.56. The lowest BCUT2D eigenvalue weighted by atomic mass is 10.0. The van der Waals surface area contributed by atoms with Crippen molar-refractivity contribution in [1.82, 2.24) is 10.2 Å². The second-order valence-corrected chi connectivity index (χ2v) is 12.9. The molecule has 43 heavy (non-hydrogen) atoms. The number of rotatable bonds is 16. The van der Waals surface area contributed by atoms with Gasteiger partial charge in [-0.25, -0.2) is 8.42 Å². The van der Waals surface area contributed by atoms with E-state index in [0.717, 1.165) is 30.2 Å². The highest BCUT2D eigenvalue weighted by Gasteiger charge is 2.30. The van der Waals surface area contributed by atoms with E-state index in [9.17, 15) is 18.0 Å². The van der Waals surface area contributed by atoms with Crippen LogP contribution < -0.4 is 14.4 Å². The number of anilines is 1. The summed E-state index contributed by atoms with van der Waals surface area (Å²) in [7, 11) is -2.06. The van der Waals surface area contributed by atoms with E-state index in [2.05, 4.69) is 12.2 Å². The second kappa shape index (κ2) is 16.3. The Kier molecular flexibility index (Phi) is 12.9. The third-order valence-electron chi connectivity index (χ3n) is 7.25. The lowest BCUT2D eigenvalue weighted by Gasteiger charge is -2.32. The van der Waals surface area contributed by atoms with Gasteiger partial charge in [-0.3, -0.25) is 13.9 Å². The Balaban J connectivity index is 1.91. The monoisotopic (exact) mass is 627 g/mol. The number of nitrogens with zero attached hydrogens (tertiary/aromatic N) is 2. The van der Waals surface area contributed by atoms with Gasteiger partial charge >= 0.3 is 0 Å². The Morgan fingerprint density at radius 3 is 2.35 bits per heavy atom. The van der Waals surface area contributed by atoms with Gasteiger partial charge < -0.3 is 15.0 Å². The van der Waals surface area contributed by atoms with Gasteiger partial charge in [0.1, 0.15) is 11.8 Å². The molecule has 0 saturated carbocycles. The summed E-state index contributed by atoms with van der Waals surface area (Å²) in [6, 6.07) is 21.4. The van der Waals surface area contributed by atoms with Crippen LogP contribution in [0, 0.1) is 6.92 Å². The van der Waals surface area contributed by atoms with Crippen LogP contribution in [0.1, 0.15) is 49.3 Å². The van der Waals surface area contributed by atoms with Crippen LogP contribution in [0.25, 0.3) is 0 Å². The molecule has 1 N–H and O–H groups in total. The van der Waals surface area contributed by atoms with Crippen LogP contribution in [-0.4, -0.2) is 57.6 Å². The molecule has 0 radical (unpaired) electrons. The summed E-state index contributed by atoms with van der Waals surface area (Å²) >= 11 is 6.28. The summed E-state index contributed by atoms with van der Waals surface area (Å²) in [6.07, 6.45) is 3.54. The Morgan fingerprint density at radius 1 is 0.977 bits per heavy atom. The number of sulfonamides is 1. The van der Waals surface area contributed by atoms with Gasteiger partial charge in [-0.15, -0.1) is 0 Å². The van der Waals surface area contributed by atoms with E-state index < -0.39 is 16.1 Å². The molecular weight excluding hydrogens is 586 g/mol. The van der Waals surface area contributed by atoms with Crippen molar-refractivity contribution in [3.05, 3.63) is 94.5 Å². The van der Waals surface area contributed by atoms with Crippen molar-refractivity contribution >= 4 is 39.1 Å². The maximum Gasteiger partial charge on any atom is 0.243 e. The van der Waals surface area contributed by atoms with E-state index in [-0.39, 0.29) is 37.7 Å². The number of nitrogens with one attached hydrogen (secondary N) is 1. The fraction of sp³-hybridized carbons (Fsp3) is 0.394. The number of benzene rings is 3. The number of unbranched alkanes of at least 4 members (excludes halogenated alkanes) is 1. The van der Waals surface area contributed by atoms with Gasteiger partial charge in [0.25, 0.3) is 0 Å². The van der Waals surface area contributed by atoms with Gasteiger partial charge in [0.05, 0.1) is 19.1 Å². The minimum Gasteiger partial charge on any atom is -0.497 e. The molecule has 0 fully saturated rings. The maximum absolute atomic E-state index is 14.0. The summed E-state index contributed by atoms with van der Waals surface area (Å²) < 4.78 is 32.2. The van der Waals surface area contributed by atoms with Crippen molar-refractivity contribution in [2.24, 2.45) is 0 Å². The first-order valence-electron chi connectivity index (χ1n) is 14.5. The van der Waals surface area contributed by atoms with Crippen LogP contribution in [0.3, 0.4) is 0 Å². The van der Waals surface area contributed by atoms with Gasteiger partial charge in [0, 0.05) is 37.5 Å². The number of halogens is 1. The summed E-state index contributed by atoms with van der Waals surface area (Å²) in [5, 5.41) is 3.48. The summed E-state index contributed by atoms with van der Waals surface area (Å²) in [4.78, 5) is 29.2. The molecule has 1 atom stereocenters. The number of carbonyl (C=O) groups excluding carboxylic acids is 2. The molecular formula is C33H42ClN3O5S. The van der Waals surface area contributed by atoms with Crippen molar-refractivity contribution in [3.63, 3.8) is 0 Å². The van der Waals surface area contributed by atoms with Crippen LogP contribution in [0.4, 0.5) is 5.69 Å². The number of amides is 2. The molecule has 2 amide bonds. The second-order valence-electron chi connectivity index (χ2n) is 10.5. The van der Waals surface area contributed by atoms with E-state index in [0.29, 0.717) is 35.0 Å². The summed E-state index contributed by atoms with van der Waals surface area (Å²) in [5.74, 6) is 0.184. The lowest BCUT2D eigenvalue weighted by Crippen LogP contribution is -2.50. The first kappa shape index (κ1) is 33.9. The molecule has 0 aliphatic rings. The molecule has 8 nitrogen and oxygen atoms in total. The lowest BCUT2D eigenvalue weighted by molar-refractivity contribution is -0.141. The van der Waals surface area contributed by atoms with Crippen molar-refractivity contribution < 1.29 is 22.7 Å². The maximum atomic E-state index is 14.0. The average molecular weight is 628 g/mol. The van der Waals surface area contributed by atoms with E-state index >= 15 is 0 Å². The van der Waals surface area contributed by atoms with E-state index in [1.54, 1.807) is 37.1 Å².